The maximum absolute atomic E-state index is 12.2. The Labute approximate surface area is 152 Å². The molecule has 26 heavy (non-hydrogen) atoms. The van der Waals surface area contributed by atoms with Gasteiger partial charge in [-0.3, -0.25) is 14.9 Å². The van der Waals surface area contributed by atoms with Crippen LogP contribution in [0.5, 0.6) is 11.5 Å². The topological polar surface area (TPSA) is 90.7 Å². The van der Waals surface area contributed by atoms with Crippen LogP contribution in [0.1, 0.15) is 26.3 Å². The van der Waals surface area contributed by atoms with Gasteiger partial charge in [-0.25, -0.2) is 0 Å². The third-order valence-electron chi connectivity index (χ3n) is 3.76. The zero-order valence-corrected chi connectivity index (χ0v) is 15.2. The lowest BCUT2D eigenvalue weighted by molar-refractivity contribution is -0.384. The average Bonchev–Trinajstić information content (AvgIpc) is 2.59. The van der Waals surface area contributed by atoms with Gasteiger partial charge in [0.05, 0.1) is 17.7 Å². The molecule has 0 atom stereocenters. The summed E-state index contributed by atoms with van der Waals surface area (Å²) in [5.74, 6) is 0.579. The number of rotatable bonds is 6. The number of carbonyl (C=O) groups is 1. The van der Waals surface area contributed by atoms with E-state index in [4.69, 9.17) is 9.47 Å². The number of nitrogens with zero attached hydrogens (tertiary/aromatic N) is 1. The molecule has 7 heteroatoms. The van der Waals surface area contributed by atoms with Gasteiger partial charge in [0.25, 0.3) is 11.6 Å². The van der Waals surface area contributed by atoms with E-state index >= 15 is 0 Å². The van der Waals surface area contributed by atoms with Crippen molar-refractivity contribution in [3.05, 3.63) is 58.1 Å². The van der Waals surface area contributed by atoms with Crippen LogP contribution < -0.4 is 14.8 Å². The van der Waals surface area contributed by atoms with Crippen molar-refractivity contribution in [3.63, 3.8) is 0 Å². The third kappa shape index (κ3) is 4.95. The minimum atomic E-state index is -0.495. The summed E-state index contributed by atoms with van der Waals surface area (Å²) in [5, 5.41) is 13.4. The minimum Gasteiger partial charge on any atom is -0.495 e. The fourth-order valence-corrected chi connectivity index (χ4v) is 2.27. The first-order valence-corrected chi connectivity index (χ1v) is 8.06. The molecule has 2 aromatic carbocycles. The Bertz CT molecular complexity index is 795. The van der Waals surface area contributed by atoms with Crippen molar-refractivity contribution in [1.29, 1.82) is 0 Å². The summed E-state index contributed by atoms with van der Waals surface area (Å²) < 4.78 is 10.7. The van der Waals surface area contributed by atoms with Crippen molar-refractivity contribution in [3.8, 4) is 11.5 Å². The third-order valence-corrected chi connectivity index (χ3v) is 3.76. The zero-order valence-electron chi connectivity index (χ0n) is 15.2. The van der Waals surface area contributed by atoms with E-state index in [0.29, 0.717) is 17.2 Å². The fourth-order valence-electron chi connectivity index (χ4n) is 2.27. The van der Waals surface area contributed by atoms with Crippen LogP contribution in [0.3, 0.4) is 0 Å². The van der Waals surface area contributed by atoms with Crippen molar-refractivity contribution >= 4 is 17.3 Å². The zero-order chi connectivity index (χ0) is 19.3. The van der Waals surface area contributed by atoms with Crippen molar-refractivity contribution in [2.45, 2.75) is 26.2 Å². The number of benzene rings is 2. The van der Waals surface area contributed by atoms with Crippen molar-refractivity contribution in [2.24, 2.45) is 0 Å². The lowest BCUT2D eigenvalue weighted by Crippen LogP contribution is -2.21. The van der Waals surface area contributed by atoms with Crippen molar-refractivity contribution in [1.82, 2.24) is 0 Å². The van der Waals surface area contributed by atoms with Crippen LogP contribution in [-0.4, -0.2) is 24.5 Å². The molecule has 1 N–H and O–H groups in total. The van der Waals surface area contributed by atoms with Crippen LogP contribution in [0.2, 0.25) is 0 Å². The summed E-state index contributed by atoms with van der Waals surface area (Å²) in [5.41, 5.74) is 1.52. The second kappa shape index (κ2) is 7.86. The van der Waals surface area contributed by atoms with E-state index < -0.39 is 4.92 Å². The number of hydrogen-bond acceptors (Lipinski definition) is 5. The summed E-state index contributed by atoms with van der Waals surface area (Å²) in [7, 11) is 1.54. The number of ether oxygens (including phenoxy) is 2. The molecular weight excluding hydrogens is 336 g/mol. The van der Waals surface area contributed by atoms with Gasteiger partial charge in [0.1, 0.15) is 11.5 Å². The summed E-state index contributed by atoms with van der Waals surface area (Å²) in [6.45, 7) is 6.02. The van der Waals surface area contributed by atoms with Crippen LogP contribution in [0.15, 0.2) is 42.5 Å². The number of anilines is 1. The quantitative estimate of drug-likeness (QED) is 0.624. The molecule has 2 aromatic rings. The van der Waals surface area contributed by atoms with Gasteiger partial charge in [-0.1, -0.05) is 26.8 Å². The lowest BCUT2D eigenvalue weighted by Gasteiger charge is -2.21. The molecule has 0 aliphatic carbocycles. The summed E-state index contributed by atoms with van der Waals surface area (Å²) >= 11 is 0. The second-order valence-corrected chi connectivity index (χ2v) is 6.75. The molecule has 0 unspecified atom stereocenters. The van der Waals surface area contributed by atoms with E-state index in [1.54, 1.807) is 0 Å². The lowest BCUT2D eigenvalue weighted by atomic mass is 9.87. The first-order chi connectivity index (χ1) is 12.2. The fraction of sp³-hybridized carbons (Fsp3) is 0.316. The number of amides is 1. The minimum absolute atomic E-state index is 0.0365. The molecule has 7 nitrogen and oxygen atoms in total. The van der Waals surface area contributed by atoms with Gasteiger partial charge in [0.15, 0.2) is 6.61 Å². The van der Waals surface area contributed by atoms with Crippen molar-refractivity contribution < 1.29 is 19.2 Å². The first kappa shape index (κ1) is 19.2. The van der Waals surface area contributed by atoms with E-state index in [0.717, 1.165) is 5.56 Å². The number of nitrogens with one attached hydrogen (secondary N) is 1. The molecule has 0 heterocycles. The van der Waals surface area contributed by atoms with Crippen LogP contribution in [-0.2, 0) is 10.2 Å². The Kier molecular flexibility index (Phi) is 5.82. The number of nitro benzene ring substituents is 1. The van der Waals surface area contributed by atoms with Gasteiger partial charge < -0.3 is 14.8 Å². The molecule has 0 aliphatic rings. The number of hydrogen-bond donors (Lipinski definition) is 1. The van der Waals surface area contributed by atoms with E-state index in [2.05, 4.69) is 26.1 Å². The average molecular weight is 358 g/mol. The molecule has 0 aliphatic heterocycles. The largest absolute Gasteiger partial charge is 0.495 e. The van der Waals surface area contributed by atoms with Gasteiger partial charge in [-0.15, -0.1) is 0 Å². The van der Waals surface area contributed by atoms with E-state index in [-0.39, 0.29) is 23.6 Å². The Morgan fingerprint density at radius 2 is 1.81 bits per heavy atom. The van der Waals surface area contributed by atoms with Crippen LogP contribution >= 0.6 is 0 Å². The van der Waals surface area contributed by atoms with Gasteiger partial charge in [0, 0.05) is 12.1 Å². The Morgan fingerprint density at radius 3 is 2.35 bits per heavy atom. The summed E-state index contributed by atoms with van der Waals surface area (Å²) in [6, 6.07) is 11.2. The molecule has 0 bridgehead atoms. The predicted octanol–water partition coefficient (Wildman–Crippen LogP) is 3.92. The highest BCUT2D eigenvalue weighted by Gasteiger charge is 2.17. The summed E-state index contributed by atoms with van der Waals surface area (Å²) in [4.78, 5) is 22.3. The SMILES string of the molecule is COc1ccc(C(C)(C)C)cc1NC(=O)COc1ccc([N+](=O)[O-])cc1. The molecule has 0 saturated heterocycles. The van der Waals surface area contributed by atoms with Gasteiger partial charge in [-0.05, 0) is 35.2 Å². The molecule has 0 saturated carbocycles. The monoisotopic (exact) mass is 358 g/mol. The molecule has 0 aromatic heterocycles. The number of carbonyl (C=O) groups excluding carboxylic acids is 1. The first-order valence-electron chi connectivity index (χ1n) is 8.06. The van der Waals surface area contributed by atoms with Gasteiger partial charge in [0.2, 0.25) is 0 Å². The van der Waals surface area contributed by atoms with E-state index in [1.807, 2.05) is 18.2 Å². The highest BCUT2D eigenvalue weighted by Crippen LogP contribution is 2.31. The van der Waals surface area contributed by atoms with Crippen molar-refractivity contribution in [2.75, 3.05) is 19.0 Å². The molecule has 138 valence electrons. The molecule has 0 fully saturated rings. The molecule has 0 radical (unpaired) electrons. The smallest absolute Gasteiger partial charge is 0.269 e. The Balaban J connectivity index is 2.04. The molecule has 2 rings (SSSR count). The van der Waals surface area contributed by atoms with Crippen LogP contribution in [0.25, 0.3) is 0 Å². The summed E-state index contributed by atoms with van der Waals surface area (Å²) in [6.07, 6.45) is 0. The maximum atomic E-state index is 12.2. The Morgan fingerprint density at radius 1 is 1.15 bits per heavy atom. The number of non-ortho nitro benzene ring substituents is 1. The highest BCUT2D eigenvalue weighted by molar-refractivity contribution is 5.93. The van der Waals surface area contributed by atoms with Gasteiger partial charge in [-0.2, -0.15) is 0 Å². The number of nitro groups is 1. The Hall–Kier alpha value is -3.09. The van der Waals surface area contributed by atoms with Crippen LogP contribution in [0, 0.1) is 10.1 Å². The normalized spacial score (nSPS) is 10.9. The standard InChI is InChI=1S/C19H22N2O5/c1-19(2,3)13-5-10-17(25-4)16(11-13)20-18(22)12-26-15-8-6-14(7-9-15)21(23)24/h5-11H,12H2,1-4H3,(H,20,22). The molecule has 1 amide bonds. The highest BCUT2D eigenvalue weighted by atomic mass is 16.6. The molecular formula is C19H22N2O5. The maximum Gasteiger partial charge on any atom is 0.269 e. The van der Waals surface area contributed by atoms with Gasteiger partial charge >= 0.3 is 0 Å². The van der Waals surface area contributed by atoms with Crippen LogP contribution in [0.4, 0.5) is 11.4 Å². The molecule has 0 spiro atoms. The van der Waals surface area contributed by atoms with E-state index in [1.165, 1.54) is 31.4 Å². The van der Waals surface area contributed by atoms with E-state index in [9.17, 15) is 14.9 Å². The number of methoxy groups -OCH3 is 1. The second-order valence-electron chi connectivity index (χ2n) is 6.75. The predicted molar refractivity (Wildman–Crippen MR) is 98.9 cm³/mol.